The van der Waals surface area contributed by atoms with Crippen LogP contribution in [0.15, 0.2) is 60.7 Å². The maximum absolute atomic E-state index is 13.8. The van der Waals surface area contributed by atoms with Gasteiger partial charge in [-0.15, -0.1) is 0 Å². The van der Waals surface area contributed by atoms with Crippen LogP contribution in [0, 0.1) is 0 Å². The van der Waals surface area contributed by atoms with Crippen molar-refractivity contribution in [3.05, 3.63) is 87.9 Å². The number of methoxy groups -OCH3 is 1. The molecule has 3 aromatic carbocycles. The van der Waals surface area contributed by atoms with Gasteiger partial charge in [-0.25, -0.2) is 0 Å². The van der Waals surface area contributed by atoms with Gasteiger partial charge in [-0.1, -0.05) is 35.9 Å². The van der Waals surface area contributed by atoms with Crippen LogP contribution in [0.5, 0.6) is 11.5 Å². The minimum absolute atomic E-state index is 0.0251. The Hall–Kier alpha value is -3.06. The second-order valence-corrected chi connectivity index (χ2v) is 12.1. The summed E-state index contributed by atoms with van der Waals surface area (Å²) < 4.78 is 18.0. The van der Waals surface area contributed by atoms with Crippen LogP contribution in [0.4, 0.5) is 5.69 Å². The summed E-state index contributed by atoms with van der Waals surface area (Å²) in [5.41, 5.74) is 2.70. The average molecular weight is 562 g/mol. The van der Waals surface area contributed by atoms with E-state index in [9.17, 15) is 9.90 Å². The van der Waals surface area contributed by atoms with Crippen molar-refractivity contribution in [1.82, 2.24) is 0 Å². The standard InChI is InChI=1S/C33H36ClNO5/c1-20(2)39-29-19-27-22(17-28(29)38-4)18-30(36)35(31(27)21-5-9-24(34)10-6-21)25-11-7-23(8-12-25)32(3,37)33-15-13-26(40-33)14-16-33/h5-12,17,19-20,26,31,37H,13-16,18H2,1-4H3/t26?,31-,32-,33?/m0/s1. The average Bonchev–Trinajstić information content (AvgIpc) is 3.56. The molecule has 3 heterocycles. The predicted octanol–water partition coefficient (Wildman–Crippen LogP) is 6.73. The molecule has 1 N–H and O–H groups in total. The van der Waals surface area contributed by atoms with Gasteiger partial charge in [0.05, 0.1) is 31.8 Å². The third kappa shape index (κ3) is 4.47. The van der Waals surface area contributed by atoms with Crippen LogP contribution in [0.25, 0.3) is 0 Å². The summed E-state index contributed by atoms with van der Waals surface area (Å²) >= 11 is 6.24. The van der Waals surface area contributed by atoms with Gasteiger partial charge in [0.15, 0.2) is 11.5 Å². The molecule has 6 nitrogen and oxygen atoms in total. The largest absolute Gasteiger partial charge is 0.493 e. The van der Waals surface area contributed by atoms with Crippen LogP contribution in [-0.2, 0) is 21.6 Å². The second-order valence-electron chi connectivity index (χ2n) is 11.7. The SMILES string of the molecule is COc1cc2c(cc1OC(C)C)[C@H](c1ccc(Cl)cc1)N(c1ccc([C@](C)(O)C34CCC(CC3)O4)cc1)C(=O)C2. The summed E-state index contributed by atoms with van der Waals surface area (Å²) in [5, 5.41) is 12.3. The van der Waals surface area contributed by atoms with Crippen molar-refractivity contribution in [2.45, 2.75) is 82.3 Å². The number of ether oxygens (including phenoxy) is 3. The predicted molar refractivity (Wildman–Crippen MR) is 155 cm³/mol. The molecule has 40 heavy (non-hydrogen) atoms. The first-order valence-electron chi connectivity index (χ1n) is 14.1. The van der Waals surface area contributed by atoms with Crippen LogP contribution in [0.3, 0.4) is 0 Å². The van der Waals surface area contributed by atoms with Gasteiger partial charge < -0.3 is 24.2 Å². The van der Waals surface area contributed by atoms with Gasteiger partial charge >= 0.3 is 0 Å². The molecule has 6 rings (SSSR count). The van der Waals surface area contributed by atoms with Crippen molar-refractivity contribution >= 4 is 23.2 Å². The Kier molecular flexibility index (Phi) is 6.84. The number of carbonyl (C=O) groups excluding carboxylic acids is 1. The number of hydrogen-bond donors (Lipinski definition) is 1. The third-order valence-corrected chi connectivity index (χ3v) is 9.12. The van der Waals surface area contributed by atoms with Gasteiger partial charge in [0.2, 0.25) is 5.91 Å². The zero-order chi connectivity index (χ0) is 28.2. The highest BCUT2D eigenvalue weighted by molar-refractivity contribution is 6.30. The number of anilines is 1. The molecule has 210 valence electrons. The highest BCUT2D eigenvalue weighted by Gasteiger charge is 2.57. The van der Waals surface area contributed by atoms with Gasteiger partial charge in [-0.2, -0.15) is 0 Å². The molecule has 3 aliphatic heterocycles. The second kappa shape index (κ2) is 10.1. The minimum Gasteiger partial charge on any atom is -0.493 e. The molecule has 0 saturated carbocycles. The zero-order valence-corrected chi connectivity index (χ0v) is 24.2. The number of benzene rings is 3. The lowest BCUT2D eigenvalue weighted by molar-refractivity contribution is -0.146. The molecular weight excluding hydrogens is 526 g/mol. The van der Waals surface area contributed by atoms with Gasteiger partial charge in [0.1, 0.15) is 11.2 Å². The molecule has 2 fully saturated rings. The fraction of sp³-hybridized carbons (Fsp3) is 0.424. The summed E-state index contributed by atoms with van der Waals surface area (Å²) in [6, 6.07) is 18.9. The molecule has 0 radical (unpaired) electrons. The number of rotatable bonds is 7. The van der Waals surface area contributed by atoms with Gasteiger partial charge in [0, 0.05) is 10.7 Å². The van der Waals surface area contributed by atoms with E-state index in [0.29, 0.717) is 16.5 Å². The molecule has 1 amide bonds. The van der Waals surface area contributed by atoms with E-state index in [1.165, 1.54) is 0 Å². The Labute approximate surface area is 240 Å². The molecule has 0 aromatic heterocycles. The van der Waals surface area contributed by atoms with Crippen LogP contribution in [0.2, 0.25) is 5.02 Å². The molecule has 3 aliphatic rings. The van der Waals surface area contributed by atoms with E-state index in [0.717, 1.165) is 53.6 Å². The van der Waals surface area contributed by atoms with E-state index in [-0.39, 0.29) is 24.5 Å². The van der Waals surface area contributed by atoms with Crippen molar-refractivity contribution in [2.75, 3.05) is 12.0 Å². The first kappa shape index (κ1) is 27.1. The van der Waals surface area contributed by atoms with Gasteiger partial charge in [-0.05, 0) is 105 Å². The molecule has 2 saturated heterocycles. The number of nitrogens with zero attached hydrogens (tertiary/aromatic N) is 1. The van der Waals surface area contributed by atoms with Crippen LogP contribution < -0.4 is 14.4 Å². The fourth-order valence-corrected chi connectivity index (χ4v) is 6.88. The van der Waals surface area contributed by atoms with Crippen molar-refractivity contribution < 1.29 is 24.1 Å². The lowest BCUT2D eigenvalue weighted by Crippen LogP contribution is -2.48. The van der Waals surface area contributed by atoms with Crippen molar-refractivity contribution in [2.24, 2.45) is 0 Å². The third-order valence-electron chi connectivity index (χ3n) is 8.86. The number of carbonyl (C=O) groups is 1. The molecule has 7 heteroatoms. The van der Waals surface area contributed by atoms with E-state index >= 15 is 0 Å². The summed E-state index contributed by atoms with van der Waals surface area (Å²) in [4.78, 5) is 15.7. The van der Waals surface area contributed by atoms with E-state index < -0.39 is 17.2 Å². The molecular formula is C33H36ClNO5. The maximum atomic E-state index is 13.8. The Balaban J connectivity index is 1.42. The minimum atomic E-state index is -1.12. The molecule has 2 atom stereocenters. The Morgan fingerprint density at radius 1 is 1.05 bits per heavy atom. The Morgan fingerprint density at radius 3 is 2.30 bits per heavy atom. The highest BCUT2D eigenvalue weighted by Crippen LogP contribution is 2.53. The lowest BCUT2D eigenvalue weighted by Gasteiger charge is -2.41. The molecule has 0 spiro atoms. The molecule has 0 unspecified atom stereocenters. The van der Waals surface area contributed by atoms with Crippen molar-refractivity contribution in [3.63, 3.8) is 0 Å². The van der Waals surface area contributed by atoms with Crippen LogP contribution in [-0.4, -0.2) is 35.9 Å². The van der Waals surface area contributed by atoms with Crippen molar-refractivity contribution in [1.29, 1.82) is 0 Å². The summed E-state index contributed by atoms with van der Waals surface area (Å²) in [7, 11) is 1.61. The quantitative estimate of drug-likeness (QED) is 0.346. The van der Waals surface area contributed by atoms with Gasteiger partial charge in [0.25, 0.3) is 0 Å². The summed E-state index contributed by atoms with van der Waals surface area (Å²) in [6.45, 7) is 5.81. The fourth-order valence-electron chi connectivity index (χ4n) is 6.75. The molecule has 3 aromatic rings. The Morgan fingerprint density at radius 2 is 1.73 bits per heavy atom. The van der Waals surface area contributed by atoms with Crippen molar-refractivity contribution in [3.8, 4) is 11.5 Å². The number of fused-ring (bicyclic) bond motifs is 3. The zero-order valence-electron chi connectivity index (χ0n) is 23.4. The normalized spacial score (nSPS) is 25.2. The number of amides is 1. The number of halogens is 1. The van der Waals surface area contributed by atoms with E-state index in [1.807, 2.05) is 86.3 Å². The Bertz CT molecular complexity index is 1410. The molecule has 0 aliphatic carbocycles. The molecule has 2 bridgehead atoms. The van der Waals surface area contributed by atoms with E-state index in [1.54, 1.807) is 7.11 Å². The smallest absolute Gasteiger partial charge is 0.232 e. The summed E-state index contributed by atoms with van der Waals surface area (Å²) in [5.74, 6) is 1.22. The first-order chi connectivity index (χ1) is 19.1. The monoisotopic (exact) mass is 561 g/mol. The highest BCUT2D eigenvalue weighted by atomic mass is 35.5. The van der Waals surface area contributed by atoms with E-state index in [4.69, 9.17) is 25.8 Å². The number of hydrogen-bond acceptors (Lipinski definition) is 5. The summed E-state index contributed by atoms with van der Waals surface area (Å²) in [6.07, 6.45) is 4.14. The van der Waals surface area contributed by atoms with Gasteiger partial charge in [-0.3, -0.25) is 4.79 Å². The number of aliphatic hydroxyl groups is 1. The first-order valence-corrected chi connectivity index (χ1v) is 14.5. The van der Waals surface area contributed by atoms with Crippen LogP contribution >= 0.6 is 11.6 Å². The topological polar surface area (TPSA) is 68.2 Å². The van der Waals surface area contributed by atoms with E-state index in [2.05, 4.69) is 0 Å². The van der Waals surface area contributed by atoms with Crippen LogP contribution in [0.1, 0.15) is 74.8 Å². The lowest BCUT2D eigenvalue weighted by atomic mass is 9.73. The maximum Gasteiger partial charge on any atom is 0.232 e.